The molecule has 0 saturated heterocycles. The van der Waals surface area contributed by atoms with Crippen molar-refractivity contribution in [1.82, 2.24) is 0 Å². The van der Waals surface area contributed by atoms with Gasteiger partial charge in [0.25, 0.3) is 5.91 Å². The van der Waals surface area contributed by atoms with Crippen molar-refractivity contribution in [2.45, 2.75) is 4.90 Å². The lowest BCUT2D eigenvalue weighted by atomic mass is 10.1. The van der Waals surface area contributed by atoms with Crippen LogP contribution in [-0.2, 0) is 9.84 Å². The highest BCUT2D eigenvalue weighted by Crippen LogP contribution is 2.21. The van der Waals surface area contributed by atoms with Crippen LogP contribution in [-0.4, -0.2) is 25.7 Å². The number of anilines is 2. The molecule has 21 heavy (non-hydrogen) atoms. The molecule has 6 nitrogen and oxygen atoms in total. The smallest absolute Gasteiger partial charge is 0.257 e. The normalized spacial score (nSPS) is 11.1. The summed E-state index contributed by atoms with van der Waals surface area (Å²) in [5.41, 5.74) is 6.32. The summed E-state index contributed by atoms with van der Waals surface area (Å²) in [6.45, 7) is 0. The highest BCUT2D eigenvalue weighted by Gasteiger charge is 2.13. The molecule has 1 amide bonds. The molecule has 0 radical (unpaired) electrons. The molecule has 0 aliphatic heterocycles. The molecule has 7 heteroatoms. The van der Waals surface area contributed by atoms with Crippen LogP contribution in [0.1, 0.15) is 10.4 Å². The number of benzene rings is 2. The average Bonchev–Trinajstić information content (AvgIpc) is 2.41. The highest BCUT2D eigenvalue weighted by atomic mass is 32.2. The summed E-state index contributed by atoms with van der Waals surface area (Å²) in [5, 5.41) is 11.9. The Morgan fingerprint density at radius 3 is 2.57 bits per heavy atom. The fourth-order valence-electron chi connectivity index (χ4n) is 1.74. The van der Waals surface area contributed by atoms with Gasteiger partial charge >= 0.3 is 0 Å². The van der Waals surface area contributed by atoms with Crippen LogP contribution >= 0.6 is 0 Å². The van der Waals surface area contributed by atoms with E-state index in [-0.39, 0.29) is 21.9 Å². The van der Waals surface area contributed by atoms with E-state index in [0.29, 0.717) is 5.69 Å². The van der Waals surface area contributed by atoms with Gasteiger partial charge in [-0.3, -0.25) is 4.79 Å². The number of rotatable bonds is 3. The summed E-state index contributed by atoms with van der Waals surface area (Å²) in [6.07, 6.45) is 1.08. The maximum Gasteiger partial charge on any atom is 0.257 e. The van der Waals surface area contributed by atoms with Crippen molar-refractivity contribution in [3.05, 3.63) is 48.0 Å². The second-order valence-electron chi connectivity index (χ2n) is 4.53. The lowest BCUT2D eigenvalue weighted by Crippen LogP contribution is -2.14. The number of carbonyl (C=O) groups excluding carboxylic acids is 1. The summed E-state index contributed by atoms with van der Waals surface area (Å²) in [6, 6.07) is 9.90. The molecule has 0 aromatic heterocycles. The van der Waals surface area contributed by atoms with Crippen molar-refractivity contribution in [3.8, 4) is 5.75 Å². The zero-order valence-corrected chi connectivity index (χ0v) is 12.0. The van der Waals surface area contributed by atoms with Crippen LogP contribution in [0.15, 0.2) is 47.4 Å². The van der Waals surface area contributed by atoms with Crippen molar-refractivity contribution in [2.24, 2.45) is 0 Å². The van der Waals surface area contributed by atoms with E-state index in [1.165, 1.54) is 36.4 Å². The van der Waals surface area contributed by atoms with Gasteiger partial charge in [0.05, 0.1) is 10.5 Å². The molecule has 0 aliphatic carbocycles. The van der Waals surface area contributed by atoms with Gasteiger partial charge in [-0.1, -0.05) is 6.07 Å². The van der Waals surface area contributed by atoms with Crippen molar-refractivity contribution < 1.29 is 18.3 Å². The van der Waals surface area contributed by atoms with Crippen LogP contribution in [0, 0.1) is 0 Å². The first-order chi connectivity index (χ1) is 9.77. The van der Waals surface area contributed by atoms with E-state index in [1.807, 2.05) is 0 Å². The Balaban J connectivity index is 2.30. The van der Waals surface area contributed by atoms with Gasteiger partial charge in [-0.15, -0.1) is 0 Å². The predicted octanol–water partition coefficient (Wildman–Crippen LogP) is 1.63. The minimum absolute atomic E-state index is 0.0840. The Kier molecular flexibility index (Phi) is 3.86. The number of phenolic OH excluding ortho intramolecular Hbond substituents is 1. The quantitative estimate of drug-likeness (QED) is 0.590. The number of aromatic hydroxyl groups is 1. The number of phenols is 1. The van der Waals surface area contributed by atoms with Crippen molar-refractivity contribution in [1.29, 1.82) is 0 Å². The Labute approximate surface area is 122 Å². The third kappa shape index (κ3) is 3.51. The lowest BCUT2D eigenvalue weighted by molar-refractivity contribution is 0.102. The van der Waals surface area contributed by atoms with Crippen LogP contribution in [0.25, 0.3) is 0 Å². The Morgan fingerprint density at radius 2 is 1.90 bits per heavy atom. The largest absolute Gasteiger partial charge is 0.508 e. The number of nitrogens with one attached hydrogen (secondary N) is 1. The topological polar surface area (TPSA) is 109 Å². The average molecular weight is 306 g/mol. The first kappa shape index (κ1) is 14.9. The van der Waals surface area contributed by atoms with E-state index in [1.54, 1.807) is 6.07 Å². The first-order valence-electron chi connectivity index (χ1n) is 5.97. The summed E-state index contributed by atoms with van der Waals surface area (Å²) in [7, 11) is -3.36. The molecule has 0 atom stereocenters. The Bertz CT molecular complexity index is 800. The lowest BCUT2D eigenvalue weighted by Gasteiger charge is -2.09. The SMILES string of the molecule is CS(=O)(=O)c1cccc(NC(=O)c2cc(O)ccc2N)c1. The molecule has 4 N–H and O–H groups in total. The molecule has 110 valence electrons. The monoisotopic (exact) mass is 306 g/mol. The van der Waals surface area contributed by atoms with E-state index >= 15 is 0 Å². The summed E-state index contributed by atoms with van der Waals surface area (Å²) in [5.74, 6) is -0.617. The van der Waals surface area contributed by atoms with Gasteiger partial charge in [-0.05, 0) is 36.4 Å². The number of amides is 1. The van der Waals surface area contributed by atoms with Crippen LogP contribution in [0.2, 0.25) is 0 Å². The molecule has 0 fully saturated rings. The van der Waals surface area contributed by atoms with E-state index in [9.17, 15) is 18.3 Å². The molecular formula is C14H14N2O4S. The second kappa shape index (κ2) is 5.45. The number of hydrogen-bond donors (Lipinski definition) is 3. The molecule has 0 unspecified atom stereocenters. The maximum absolute atomic E-state index is 12.1. The minimum Gasteiger partial charge on any atom is -0.508 e. The Morgan fingerprint density at radius 1 is 1.19 bits per heavy atom. The van der Waals surface area contributed by atoms with Gasteiger partial charge < -0.3 is 16.2 Å². The van der Waals surface area contributed by atoms with Crippen LogP contribution in [0.4, 0.5) is 11.4 Å². The van der Waals surface area contributed by atoms with E-state index < -0.39 is 15.7 Å². The molecule has 2 aromatic rings. The molecule has 0 aliphatic rings. The first-order valence-corrected chi connectivity index (χ1v) is 7.86. The highest BCUT2D eigenvalue weighted by molar-refractivity contribution is 7.90. The van der Waals surface area contributed by atoms with Crippen molar-refractivity contribution >= 4 is 27.1 Å². The number of nitrogens with two attached hydrogens (primary N) is 1. The summed E-state index contributed by atoms with van der Waals surface area (Å²) < 4.78 is 22.9. The molecule has 0 heterocycles. The molecule has 0 spiro atoms. The van der Waals surface area contributed by atoms with Crippen molar-refractivity contribution in [2.75, 3.05) is 17.3 Å². The molecule has 0 bridgehead atoms. The zero-order chi connectivity index (χ0) is 15.6. The van der Waals surface area contributed by atoms with E-state index in [4.69, 9.17) is 5.73 Å². The van der Waals surface area contributed by atoms with Gasteiger partial charge in [0.1, 0.15) is 5.75 Å². The minimum atomic E-state index is -3.36. The third-order valence-electron chi connectivity index (χ3n) is 2.80. The van der Waals surface area contributed by atoms with Gasteiger partial charge in [-0.2, -0.15) is 0 Å². The van der Waals surface area contributed by atoms with Crippen LogP contribution in [0.5, 0.6) is 5.75 Å². The summed E-state index contributed by atoms with van der Waals surface area (Å²) >= 11 is 0. The zero-order valence-electron chi connectivity index (χ0n) is 11.2. The summed E-state index contributed by atoms with van der Waals surface area (Å²) in [4.78, 5) is 12.2. The number of carbonyl (C=O) groups is 1. The van der Waals surface area contributed by atoms with Gasteiger partial charge in [0.2, 0.25) is 0 Å². The van der Waals surface area contributed by atoms with Crippen LogP contribution in [0.3, 0.4) is 0 Å². The molecular weight excluding hydrogens is 292 g/mol. The Hall–Kier alpha value is -2.54. The predicted molar refractivity (Wildman–Crippen MR) is 80.0 cm³/mol. The van der Waals surface area contributed by atoms with Crippen LogP contribution < -0.4 is 11.1 Å². The maximum atomic E-state index is 12.1. The van der Waals surface area contributed by atoms with E-state index in [2.05, 4.69) is 5.32 Å². The third-order valence-corrected chi connectivity index (χ3v) is 3.91. The van der Waals surface area contributed by atoms with Gasteiger partial charge in [-0.25, -0.2) is 8.42 Å². The number of nitrogen functional groups attached to an aromatic ring is 1. The van der Waals surface area contributed by atoms with Gasteiger partial charge in [0, 0.05) is 17.6 Å². The molecule has 0 saturated carbocycles. The number of hydrogen-bond acceptors (Lipinski definition) is 5. The molecule has 2 aromatic carbocycles. The standard InChI is InChI=1S/C14H14N2O4S/c1-21(19,20)11-4-2-3-9(7-11)16-14(18)12-8-10(17)5-6-13(12)15/h2-8,17H,15H2,1H3,(H,16,18). The molecule has 2 rings (SSSR count). The van der Waals surface area contributed by atoms with E-state index in [0.717, 1.165) is 6.26 Å². The second-order valence-corrected chi connectivity index (χ2v) is 6.54. The van der Waals surface area contributed by atoms with Gasteiger partial charge in [0.15, 0.2) is 9.84 Å². The fraction of sp³-hybridized carbons (Fsp3) is 0.0714. The van der Waals surface area contributed by atoms with Crippen molar-refractivity contribution in [3.63, 3.8) is 0 Å². The number of sulfone groups is 1. The fourth-order valence-corrected chi connectivity index (χ4v) is 2.41.